The molecule has 0 atom stereocenters. The number of ether oxygens (including phenoxy) is 1. The molecule has 0 spiro atoms. The summed E-state index contributed by atoms with van der Waals surface area (Å²) in [4.78, 5) is 30.9. The quantitative estimate of drug-likeness (QED) is 0.635. The molecule has 0 saturated carbocycles. The van der Waals surface area contributed by atoms with E-state index in [0.717, 1.165) is 11.3 Å². The zero-order valence-electron chi connectivity index (χ0n) is 16.7. The SMILES string of the molecule is O=C(CNC(=O)N1Cc2ccccc2Oc2ccc(Cl)cc21)NCCc1ccccn1. The Kier molecular flexibility index (Phi) is 6.33. The first-order valence-corrected chi connectivity index (χ1v) is 10.3. The molecule has 0 radical (unpaired) electrons. The molecule has 0 saturated heterocycles. The summed E-state index contributed by atoms with van der Waals surface area (Å²) in [5, 5.41) is 5.95. The molecule has 0 fully saturated rings. The first-order valence-electron chi connectivity index (χ1n) is 9.87. The number of hydrogen-bond acceptors (Lipinski definition) is 4. The van der Waals surface area contributed by atoms with E-state index in [9.17, 15) is 9.59 Å². The fourth-order valence-electron chi connectivity index (χ4n) is 3.27. The molecule has 1 aromatic heterocycles. The van der Waals surface area contributed by atoms with Crippen LogP contribution in [0.2, 0.25) is 5.02 Å². The van der Waals surface area contributed by atoms with E-state index in [-0.39, 0.29) is 19.0 Å². The van der Waals surface area contributed by atoms with Gasteiger partial charge in [-0.05, 0) is 36.4 Å². The van der Waals surface area contributed by atoms with Crippen molar-refractivity contribution in [3.05, 3.63) is 83.1 Å². The number of rotatable bonds is 5. The van der Waals surface area contributed by atoms with Gasteiger partial charge in [0.1, 0.15) is 5.75 Å². The summed E-state index contributed by atoms with van der Waals surface area (Å²) in [5.74, 6) is 0.917. The van der Waals surface area contributed by atoms with Gasteiger partial charge in [0.15, 0.2) is 5.75 Å². The molecule has 8 heteroatoms. The third-order valence-corrected chi connectivity index (χ3v) is 5.04. The standard InChI is InChI=1S/C23H21ClN4O3/c24-17-8-9-21-19(13-17)28(15-16-5-1-2-7-20(16)31-21)23(30)27-14-22(29)26-12-10-18-6-3-4-11-25-18/h1-9,11,13H,10,12,14-15H2,(H,26,29)(H,27,30). The van der Waals surface area contributed by atoms with Crippen molar-refractivity contribution in [1.29, 1.82) is 0 Å². The van der Waals surface area contributed by atoms with E-state index in [1.54, 1.807) is 24.4 Å². The van der Waals surface area contributed by atoms with Crippen LogP contribution in [0.4, 0.5) is 10.5 Å². The van der Waals surface area contributed by atoms with Crippen LogP contribution in [-0.4, -0.2) is 30.0 Å². The number of anilines is 1. The average Bonchev–Trinajstić information content (AvgIpc) is 2.95. The number of aromatic nitrogens is 1. The number of hydrogen-bond donors (Lipinski definition) is 2. The third-order valence-electron chi connectivity index (χ3n) is 4.81. The highest BCUT2D eigenvalue weighted by atomic mass is 35.5. The predicted molar refractivity (Wildman–Crippen MR) is 119 cm³/mol. The lowest BCUT2D eigenvalue weighted by molar-refractivity contribution is -0.120. The van der Waals surface area contributed by atoms with E-state index in [0.29, 0.717) is 35.2 Å². The molecule has 2 heterocycles. The summed E-state index contributed by atoms with van der Waals surface area (Å²) in [6.45, 7) is 0.585. The number of halogens is 1. The van der Waals surface area contributed by atoms with Gasteiger partial charge in [0.05, 0.1) is 18.8 Å². The summed E-state index contributed by atoms with van der Waals surface area (Å²) in [6, 6.07) is 17.8. The van der Waals surface area contributed by atoms with Gasteiger partial charge < -0.3 is 15.4 Å². The molecule has 2 N–H and O–H groups in total. The highest BCUT2D eigenvalue weighted by Gasteiger charge is 2.25. The van der Waals surface area contributed by atoms with Gasteiger partial charge in [-0.1, -0.05) is 35.9 Å². The molecule has 3 aromatic rings. The maximum Gasteiger partial charge on any atom is 0.322 e. The van der Waals surface area contributed by atoms with Crippen molar-refractivity contribution in [3.8, 4) is 11.5 Å². The molecular formula is C23H21ClN4O3. The fraction of sp³-hybridized carbons (Fsp3) is 0.174. The largest absolute Gasteiger partial charge is 0.455 e. The molecule has 3 amide bonds. The zero-order valence-corrected chi connectivity index (χ0v) is 17.4. The summed E-state index contributed by atoms with van der Waals surface area (Å²) in [6.07, 6.45) is 2.33. The molecule has 7 nitrogen and oxygen atoms in total. The number of nitrogens with zero attached hydrogens (tertiary/aromatic N) is 2. The van der Waals surface area contributed by atoms with Crippen LogP contribution in [0.25, 0.3) is 0 Å². The molecule has 4 rings (SSSR count). The van der Waals surface area contributed by atoms with E-state index in [1.165, 1.54) is 4.90 Å². The van der Waals surface area contributed by atoms with Crippen molar-refractivity contribution in [2.75, 3.05) is 18.0 Å². The third kappa shape index (κ3) is 5.13. The lowest BCUT2D eigenvalue weighted by Crippen LogP contribution is -2.44. The van der Waals surface area contributed by atoms with Crippen molar-refractivity contribution >= 4 is 29.2 Å². The Hall–Kier alpha value is -3.58. The van der Waals surface area contributed by atoms with E-state index in [2.05, 4.69) is 15.6 Å². The molecule has 0 bridgehead atoms. The second-order valence-corrected chi connectivity index (χ2v) is 7.42. The van der Waals surface area contributed by atoms with Crippen LogP contribution in [0.15, 0.2) is 66.9 Å². The molecule has 158 valence electrons. The number of fused-ring (bicyclic) bond motifs is 2. The lowest BCUT2D eigenvalue weighted by Gasteiger charge is -2.22. The number of nitrogens with one attached hydrogen (secondary N) is 2. The Labute approximate surface area is 185 Å². The van der Waals surface area contributed by atoms with E-state index in [1.807, 2.05) is 42.5 Å². The summed E-state index contributed by atoms with van der Waals surface area (Å²) in [5.41, 5.74) is 2.28. The van der Waals surface area contributed by atoms with Gasteiger partial charge in [0.25, 0.3) is 0 Å². The first kappa shape index (κ1) is 20.7. The number of urea groups is 1. The van der Waals surface area contributed by atoms with Gasteiger partial charge in [-0.2, -0.15) is 0 Å². The molecule has 2 aromatic carbocycles. The summed E-state index contributed by atoms with van der Waals surface area (Å²) >= 11 is 6.16. The van der Waals surface area contributed by atoms with Crippen molar-refractivity contribution in [3.63, 3.8) is 0 Å². The van der Waals surface area contributed by atoms with Gasteiger partial charge in [-0.3, -0.25) is 14.7 Å². The molecular weight excluding hydrogens is 416 g/mol. The number of para-hydroxylation sites is 1. The van der Waals surface area contributed by atoms with Crippen molar-refractivity contribution in [2.45, 2.75) is 13.0 Å². The van der Waals surface area contributed by atoms with Gasteiger partial charge in [-0.25, -0.2) is 4.79 Å². The summed E-state index contributed by atoms with van der Waals surface area (Å²) < 4.78 is 5.99. The highest BCUT2D eigenvalue weighted by Crippen LogP contribution is 2.40. The molecule has 0 unspecified atom stereocenters. The smallest absolute Gasteiger partial charge is 0.322 e. The topological polar surface area (TPSA) is 83.6 Å². The molecule has 1 aliphatic heterocycles. The Bertz CT molecular complexity index is 1090. The molecule has 31 heavy (non-hydrogen) atoms. The van der Waals surface area contributed by atoms with Crippen LogP contribution in [0.3, 0.4) is 0 Å². The van der Waals surface area contributed by atoms with Gasteiger partial charge in [-0.15, -0.1) is 0 Å². The van der Waals surface area contributed by atoms with Crippen molar-refractivity contribution in [1.82, 2.24) is 15.6 Å². The Morgan fingerprint density at radius 2 is 1.87 bits per heavy atom. The lowest BCUT2D eigenvalue weighted by atomic mass is 10.2. The minimum absolute atomic E-state index is 0.143. The second-order valence-electron chi connectivity index (χ2n) is 6.99. The van der Waals surface area contributed by atoms with E-state index in [4.69, 9.17) is 16.3 Å². The van der Waals surface area contributed by atoms with Crippen LogP contribution in [0.5, 0.6) is 11.5 Å². The molecule has 0 aliphatic carbocycles. The maximum absolute atomic E-state index is 13.0. The van der Waals surface area contributed by atoms with Gasteiger partial charge >= 0.3 is 6.03 Å². The minimum Gasteiger partial charge on any atom is -0.455 e. The van der Waals surface area contributed by atoms with Gasteiger partial charge in [0, 0.05) is 35.4 Å². The number of carbonyl (C=O) groups is 2. The van der Waals surface area contributed by atoms with E-state index < -0.39 is 6.03 Å². The van der Waals surface area contributed by atoms with Crippen molar-refractivity contribution < 1.29 is 14.3 Å². The van der Waals surface area contributed by atoms with Gasteiger partial charge in [0.2, 0.25) is 5.91 Å². The first-order chi connectivity index (χ1) is 15.1. The van der Waals surface area contributed by atoms with E-state index >= 15 is 0 Å². The van der Waals surface area contributed by atoms with Crippen LogP contribution < -0.4 is 20.3 Å². The Morgan fingerprint density at radius 1 is 1.03 bits per heavy atom. The van der Waals surface area contributed by atoms with Crippen LogP contribution in [-0.2, 0) is 17.8 Å². The number of benzene rings is 2. The maximum atomic E-state index is 13.0. The second kappa shape index (κ2) is 9.49. The normalized spacial score (nSPS) is 12.1. The highest BCUT2D eigenvalue weighted by molar-refractivity contribution is 6.31. The monoisotopic (exact) mass is 436 g/mol. The zero-order chi connectivity index (χ0) is 21.6. The Balaban J connectivity index is 1.40. The minimum atomic E-state index is -0.413. The van der Waals surface area contributed by atoms with Crippen molar-refractivity contribution in [2.24, 2.45) is 0 Å². The predicted octanol–water partition coefficient (Wildman–Crippen LogP) is 3.92. The van der Waals surface area contributed by atoms with Crippen LogP contribution in [0.1, 0.15) is 11.3 Å². The number of amides is 3. The van der Waals surface area contributed by atoms with Crippen LogP contribution >= 0.6 is 11.6 Å². The number of pyridine rings is 1. The average molecular weight is 437 g/mol. The fourth-order valence-corrected chi connectivity index (χ4v) is 3.43. The number of carbonyl (C=O) groups excluding carboxylic acids is 2. The van der Waals surface area contributed by atoms with Crippen LogP contribution in [0, 0.1) is 0 Å². The molecule has 1 aliphatic rings. The summed E-state index contributed by atoms with van der Waals surface area (Å²) in [7, 11) is 0. The Morgan fingerprint density at radius 3 is 2.71 bits per heavy atom.